The van der Waals surface area contributed by atoms with Gasteiger partial charge in [0.05, 0.1) is 17.9 Å². The molecule has 0 bridgehead atoms. The molecular formula is C18H20ClN3O2S2. The summed E-state index contributed by atoms with van der Waals surface area (Å²) in [6.45, 7) is 0. The molecular weight excluding hydrogens is 390 g/mol. The molecule has 1 aliphatic rings. The lowest BCUT2D eigenvalue weighted by Crippen LogP contribution is -2.33. The maximum Gasteiger partial charge on any atom is 0.234 e. The van der Waals surface area contributed by atoms with Crippen LogP contribution in [0.5, 0.6) is 0 Å². The third-order valence-corrected chi connectivity index (χ3v) is 6.37. The first-order chi connectivity index (χ1) is 12.6. The molecule has 0 spiro atoms. The van der Waals surface area contributed by atoms with E-state index in [1.54, 1.807) is 24.3 Å². The second kappa shape index (κ2) is 9.39. The van der Waals surface area contributed by atoms with Gasteiger partial charge in [-0.05, 0) is 37.1 Å². The molecule has 0 radical (unpaired) electrons. The van der Waals surface area contributed by atoms with Gasteiger partial charge in [-0.1, -0.05) is 36.2 Å². The molecule has 0 atom stereocenters. The monoisotopic (exact) mass is 409 g/mol. The number of hydrogen-bond acceptors (Lipinski definition) is 5. The molecule has 3 rings (SSSR count). The molecule has 1 aromatic heterocycles. The van der Waals surface area contributed by atoms with Crippen molar-refractivity contribution in [1.29, 1.82) is 0 Å². The number of aromatic nitrogens is 1. The maximum absolute atomic E-state index is 12.0. The van der Waals surface area contributed by atoms with Gasteiger partial charge >= 0.3 is 0 Å². The minimum absolute atomic E-state index is 0.0271. The summed E-state index contributed by atoms with van der Waals surface area (Å²) in [6.07, 6.45) is 4.84. The van der Waals surface area contributed by atoms with E-state index in [0.717, 1.165) is 22.9 Å². The SMILES string of the molecule is O=C(CSc1nc(CC(=O)NC2CCCC2)cs1)Nc1ccc(Cl)cc1. The predicted molar refractivity (Wildman–Crippen MR) is 107 cm³/mol. The van der Waals surface area contributed by atoms with Crippen LogP contribution in [-0.2, 0) is 16.0 Å². The molecule has 0 unspecified atom stereocenters. The molecule has 2 amide bonds. The van der Waals surface area contributed by atoms with Gasteiger partial charge in [-0.25, -0.2) is 4.98 Å². The van der Waals surface area contributed by atoms with Gasteiger partial charge in [0.25, 0.3) is 0 Å². The van der Waals surface area contributed by atoms with Gasteiger partial charge in [-0.3, -0.25) is 9.59 Å². The van der Waals surface area contributed by atoms with E-state index in [0.29, 0.717) is 23.2 Å². The van der Waals surface area contributed by atoms with Crippen LogP contribution >= 0.6 is 34.7 Å². The lowest BCUT2D eigenvalue weighted by Gasteiger charge is -2.10. The molecule has 1 aromatic carbocycles. The van der Waals surface area contributed by atoms with Crippen LogP contribution in [0.4, 0.5) is 5.69 Å². The predicted octanol–water partition coefficient (Wildman–Crippen LogP) is 4.13. The fraction of sp³-hybridized carbons (Fsp3) is 0.389. The van der Waals surface area contributed by atoms with Crippen LogP contribution in [0.25, 0.3) is 0 Å². The van der Waals surface area contributed by atoms with Gasteiger partial charge in [0, 0.05) is 22.1 Å². The number of carbonyl (C=O) groups is 2. The maximum atomic E-state index is 12.0. The Balaban J connectivity index is 1.42. The Hall–Kier alpha value is -1.57. The van der Waals surface area contributed by atoms with E-state index in [9.17, 15) is 9.59 Å². The standard InChI is InChI=1S/C18H20ClN3O2S2/c19-12-5-7-14(8-6-12)21-17(24)11-26-18-22-15(10-25-18)9-16(23)20-13-3-1-2-4-13/h5-8,10,13H,1-4,9,11H2,(H,20,23)(H,21,24). The summed E-state index contributed by atoms with van der Waals surface area (Å²) in [7, 11) is 0. The molecule has 2 N–H and O–H groups in total. The topological polar surface area (TPSA) is 71.1 Å². The second-order valence-electron chi connectivity index (χ2n) is 6.17. The Kier molecular flexibility index (Phi) is 6.93. The fourth-order valence-electron chi connectivity index (χ4n) is 2.81. The van der Waals surface area contributed by atoms with Crippen molar-refractivity contribution in [3.8, 4) is 0 Å². The van der Waals surface area contributed by atoms with E-state index in [1.807, 2.05) is 5.38 Å². The molecule has 8 heteroatoms. The number of anilines is 1. The zero-order valence-electron chi connectivity index (χ0n) is 14.2. The van der Waals surface area contributed by atoms with Gasteiger partial charge in [0.1, 0.15) is 0 Å². The number of halogens is 1. The number of carbonyl (C=O) groups excluding carboxylic acids is 2. The van der Waals surface area contributed by atoms with Crippen LogP contribution in [0.1, 0.15) is 31.4 Å². The van der Waals surface area contributed by atoms with E-state index in [2.05, 4.69) is 15.6 Å². The minimum atomic E-state index is -0.104. The Morgan fingerprint density at radius 3 is 2.65 bits per heavy atom. The molecule has 1 aliphatic carbocycles. The first kappa shape index (κ1) is 19.2. The summed E-state index contributed by atoms with van der Waals surface area (Å²) in [4.78, 5) is 28.5. The zero-order chi connectivity index (χ0) is 18.4. The quantitative estimate of drug-likeness (QED) is 0.674. The summed E-state index contributed by atoms with van der Waals surface area (Å²) in [5, 5.41) is 8.39. The van der Waals surface area contributed by atoms with E-state index in [4.69, 9.17) is 11.6 Å². The number of hydrogen-bond donors (Lipinski definition) is 2. The molecule has 0 aliphatic heterocycles. The van der Waals surface area contributed by atoms with Crippen molar-refractivity contribution in [2.75, 3.05) is 11.1 Å². The Labute approximate surface area is 165 Å². The van der Waals surface area contributed by atoms with E-state index in [1.165, 1.54) is 35.9 Å². The summed E-state index contributed by atoms with van der Waals surface area (Å²) in [5.74, 6) is 0.191. The lowest BCUT2D eigenvalue weighted by molar-refractivity contribution is -0.121. The van der Waals surface area contributed by atoms with Crippen molar-refractivity contribution in [1.82, 2.24) is 10.3 Å². The lowest BCUT2D eigenvalue weighted by atomic mass is 10.2. The number of nitrogens with zero attached hydrogens (tertiary/aromatic N) is 1. The van der Waals surface area contributed by atoms with Gasteiger partial charge in [0.15, 0.2) is 4.34 Å². The van der Waals surface area contributed by atoms with Crippen molar-refractivity contribution in [3.05, 3.63) is 40.4 Å². The van der Waals surface area contributed by atoms with Crippen LogP contribution in [0.15, 0.2) is 34.0 Å². The second-order valence-corrected chi connectivity index (χ2v) is 8.69. The largest absolute Gasteiger partial charge is 0.353 e. The third-order valence-electron chi connectivity index (χ3n) is 4.05. The molecule has 5 nitrogen and oxygen atoms in total. The Morgan fingerprint density at radius 2 is 1.92 bits per heavy atom. The van der Waals surface area contributed by atoms with Crippen molar-refractivity contribution >= 4 is 52.2 Å². The van der Waals surface area contributed by atoms with Crippen LogP contribution in [-0.4, -0.2) is 28.6 Å². The van der Waals surface area contributed by atoms with E-state index < -0.39 is 0 Å². The van der Waals surface area contributed by atoms with Crippen molar-refractivity contribution in [2.24, 2.45) is 0 Å². The van der Waals surface area contributed by atoms with Crippen molar-refractivity contribution < 1.29 is 9.59 Å². The van der Waals surface area contributed by atoms with Crippen molar-refractivity contribution in [2.45, 2.75) is 42.5 Å². The van der Waals surface area contributed by atoms with Crippen LogP contribution in [0.3, 0.4) is 0 Å². The highest BCUT2D eigenvalue weighted by Gasteiger charge is 2.18. The summed E-state index contributed by atoms with van der Waals surface area (Å²) >= 11 is 8.65. The van der Waals surface area contributed by atoms with E-state index in [-0.39, 0.29) is 17.6 Å². The Bertz CT molecular complexity index is 758. The molecule has 2 aromatic rings. The Morgan fingerprint density at radius 1 is 1.19 bits per heavy atom. The molecule has 1 heterocycles. The first-order valence-corrected chi connectivity index (χ1v) is 10.7. The highest BCUT2D eigenvalue weighted by atomic mass is 35.5. The minimum Gasteiger partial charge on any atom is -0.353 e. The number of nitrogens with one attached hydrogen (secondary N) is 2. The molecule has 0 saturated heterocycles. The number of thiazole rings is 1. The smallest absolute Gasteiger partial charge is 0.234 e. The van der Waals surface area contributed by atoms with Crippen LogP contribution in [0, 0.1) is 0 Å². The average Bonchev–Trinajstić information content (AvgIpc) is 3.27. The van der Waals surface area contributed by atoms with Crippen molar-refractivity contribution in [3.63, 3.8) is 0 Å². The van der Waals surface area contributed by atoms with Crippen LogP contribution in [0.2, 0.25) is 5.02 Å². The third kappa shape index (κ3) is 6.00. The van der Waals surface area contributed by atoms with E-state index >= 15 is 0 Å². The highest BCUT2D eigenvalue weighted by molar-refractivity contribution is 8.01. The summed E-state index contributed by atoms with van der Waals surface area (Å²) in [5.41, 5.74) is 1.47. The molecule has 26 heavy (non-hydrogen) atoms. The van der Waals surface area contributed by atoms with Gasteiger partial charge in [-0.15, -0.1) is 11.3 Å². The molecule has 1 saturated carbocycles. The number of thioether (sulfide) groups is 1. The highest BCUT2D eigenvalue weighted by Crippen LogP contribution is 2.24. The number of amides is 2. The van der Waals surface area contributed by atoms with Gasteiger partial charge in [-0.2, -0.15) is 0 Å². The first-order valence-electron chi connectivity index (χ1n) is 8.50. The summed E-state index contributed by atoms with van der Waals surface area (Å²) < 4.78 is 0.792. The van der Waals surface area contributed by atoms with Gasteiger partial charge < -0.3 is 10.6 Å². The zero-order valence-corrected chi connectivity index (χ0v) is 16.6. The van der Waals surface area contributed by atoms with Gasteiger partial charge in [0.2, 0.25) is 11.8 Å². The molecule has 1 fully saturated rings. The summed E-state index contributed by atoms with van der Waals surface area (Å²) in [6, 6.07) is 7.30. The normalized spacial score (nSPS) is 14.3. The van der Waals surface area contributed by atoms with Crippen LogP contribution < -0.4 is 10.6 Å². The number of rotatable bonds is 7. The fourth-order valence-corrected chi connectivity index (χ4v) is 4.58. The molecule has 138 valence electrons. The average molecular weight is 410 g/mol. The number of benzene rings is 1.